The monoisotopic (exact) mass is 415 g/mol. The van der Waals surface area contributed by atoms with Gasteiger partial charge in [-0.15, -0.1) is 0 Å². The van der Waals surface area contributed by atoms with Crippen LogP contribution in [0.3, 0.4) is 0 Å². The first-order valence-electron chi connectivity index (χ1n) is 8.80. The number of aliphatic imine (C=N–C) groups is 1. The molecule has 1 aliphatic rings. The minimum absolute atomic E-state index is 0.0598. The zero-order chi connectivity index (χ0) is 20.7. The first kappa shape index (κ1) is 23.5. The Morgan fingerprint density at radius 1 is 1.26 bits per heavy atom. The maximum atomic E-state index is 12.6. The van der Waals surface area contributed by atoms with Gasteiger partial charge in [-0.05, 0) is 19.3 Å². The minimum atomic E-state index is -5.29. The molecule has 1 heterocycles. The van der Waals surface area contributed by atoms with E-state index < -0.39 is 15.5 Å². The molecule has 158 valence electrons. The first-order chi connectivity index (χ1) is 12.5. The summed E-state index contributed by atoms with van der Waals surface area (Å²) in [6.45, 7) is 2.16. The molecule has 0 spiro atoms. The van der Waals surface area contributed by atoms with Crippen molar-refractivity contribution in [2.45, 2.75) is 44.2 Å². The van der Waals surface area contributed by atoms with Gasteiger partial charge in [-0.2, -0.15) is 17.5 Å². The van der Waals surface area contributed by atoms with Gasteiger partial charge < -0.3 is 15.5 Å². The fourth-order valence-corrected chi connectivity index (χ4v) is 3.39. The highest BCUT2D eigenvalue weighted by atomic mass is 32.2. The van der Waals surface area contributed by atoms with Gasteiger partial charge in [0, 0.05) is 39.8 Å². The van der Waals surface area contributed by atoms with Crippen molar-refractivity contribution >= 4 is 21.9 Å². The largest absolute Gasteiger partial charge is 0.511 e. The Balaban J connectivity index is 2.67. The van der Waals surface area contributed by atoms with E-state index in [9.17, 15) is 26.4 Å². The number of guanidine groups is 1. The van der Waals surface area contributed by atoms with Crippen LogP contribution in [0.5, 0.6) is 0 Å². The van der Waals surface area contributed by atoms with Gasteiger partial charge in [-0.3, -0.25) is 4.79 Å². The van der Waals surface area contributed by atoms with Crippen molar-refractivity contribution in [3.8, 4) is 0 Å². The summed E-state index contributed by atoms with van der Waals surface area (Å²) in [6.07, 6.45) is 2.28. The van der Waals surface area contributed by atoms with E-state index in [2.05, 4.69) is 15.6 Å². The Labute approximate surface area is 158 Å². The average Bonchev–Trinajstić information content (AvgIpc) is 2.58. The molecule has 0 aromatic heterocycles. The predicted molar refractivity (Wildman–Crippen MR) is 96.6 cm³/mol. The molecule has 0 aromatic rings. The van der Waals surface area contributed by atoms with Crippen LogP contribution in [0.25, 0.3) is 0 Å². The molecule has 27 heavy (non-hydrogen) atoms. The normalized spacial score (nSPS) is 17.6. The molecule has 12 heteroatoms. The number of nitrogens with one attached hydrogen (secondary N) is 2. The molecule has 2 N–H and O–H groups in total. The molecule has 0 bridgehead atoms. The number of likely N-dealkylation sites (N-methyl/N-ethyl adjacent to an activating group) is 1. The quantitative estimate of drug-likeness (QED) is 0.363. The lowest BCUT2D eigenvalue weighted by atomic mass is 10.1. The molecule has 1 saturated heterocycles. The van der Waals surface area contributed by atoms with E-state index in [1.807, 2.05) is 6.92 Å². The lowest BCUT2D eigenvalue weighted by Crippen LogP contribution is -2.52. The standard InChI is InChI=1S/C15H28F3N5O3S/c1-4-5-8-19-14(20-11-13(24)22(2)3)21-12-6-9-23(10-7-12)27(25,26)15(16,17)18/h12H,4-11H2,1-3H3,(H2,19,20,21). The summed E-state index contributed by atoms with van der Waals surface area (Å²) in [5, 5.41) is 6.17. The van der Waals surface area contributed by atoms with Gasteiger partial charge in [-0.25, -0.2) is 13.4 Å². The summed E-state index contributed by atoms with van der Waals surface area (Å²) in [5.41, 5.74) is -5.28. The SMILES string of the molecule is CCCCNC(=NCC(=O)N(C)C)NC1CCN(S(=O)(=O)C(F)(F)F)CC1. The zero-order valence-corrected chi connectivity index (χ0v) is 16.7. The molecular weight excluding hydrogens is 387 g/mol. The summed E-state index contributed by atoms with van der Waals surface area (Å²) in [5.74, 6) is 0.216. The number of carbonyl (C=O) groups excluding carboxylic acids is 1. The lowest BCUT2D eigenvalue weighted by molar-refractivity contribution is -0.127. The van der Waals surface area contributed by atoms with Crippen LogP contribution in [0.15, 0.2) is 4.99 Å². The highest BCUT2D eigenvalue weighted by Crippen LogP contribution is 2.28. The van der Waals surface area contributed by atoms with Crippen molar-refractivity contribution in [3.63, 3.8) is 0 Å². The number of hydrogen-bond donors (Lipinski definition) is 2. The smallest absolute Gasteiger partial charge is 0.356 e. The van der Waals surface area contributed by atoms with Crippen LogP contribution in [0.4, 0.5) is 13.2 Å². The summed E-state index contributed by atoms with van der Waals surface area (Å²) >= 11 is 0. The molecular formula is C15H28F3N5O3S. The van der Waals surface area contributed by atoms with E-state index in [0.29, 0.717) is 16.8 Å². The third-order valence-corrected chi connectivity index (χ3v) is 5.75. The number of alkyl halides is 3. The highest BCUT2D eigenvalue weighted by Gasteiger charge is 2.50. The van der Waals surface area contributed by atoms with Crippen LogP contribution in [-0.4, -0.2) is 81.3 Å². The number of nitrogens with zero attached hydrogens (tertiary/aromatic N) is 3. The van der Waals surface area contributed by atoms with E-state index in [-0.39, 0.29) is 44.4 Å². The second-order valence-corrected chi connectivity index (χ2v) is 8.43. The van der Waals surface area contributed by atoms with Crippen LogP contribution in [0.2, 0.25) is 0 Å². The second-order valence-electron chi connectivity index (χ2n) is 6.50. The van der Waals surface area contributed by atoms with Crippen molar-refractivity contribution in [3.05, 3.63) is 0 Å². The van der Waals surface area contributed by atoms with E-state index in [1.54, 1.807) is 14.1 Å². The minimum Gasteiger partial charge on any atom is -0.356 e. The summed E-state index contributed by atoms with van der Waals surface area (Å²) in [4.78, 5) is 17.3. The zero-order valence-electron chi connectivity index (χ0n) is 15.8. The van der Waals surface area contributed by atoms with Gasteiger partial charge in [-0.1, -0.05) is 13.3 Å². The number of halogens is 3. The van der Waals surface area contributed by atoms with Crippen LogP contribution in [-0.2, 0) is 14.8 Å². The topological polar surface area (TPSA) is 94.1 Å². The number of hydrogen-bond acceptors (Lipinski definition) is 4. The Kier molecular flexibility index (Phi) is 8.79. The van der Waals surface area contributed by atoms with Crippen LogP contribution >= 0.6 is 0 Å². The van der Waals surface area contributed by atoms with Crippen LogP contribution in [0, 0.1) is 0 Å². The fourth-order valence-electron chi connectivity index (χ4n) is 2.40. The highest BCUT2D eigenvalue weighted by molar-refractivity contribution is 7.90. The maximum Gasteiger partial charge on any atom is 0.511 e. The molecule has 0 unspecified atom stereocenters. The molecule has 1 aliphatic heterocycles. The van der Waals surface area contributed by atoms with Crippen molar-refractivity contribution in [2.24, 2.45) is 4.99 Å². The Hall–Kier alpha value is -1.56. The maximum absolute atomic E-state index is 12.6. The van der Waals surface area contributed by atoms with Gasteiger partial charge in [0.2, 0.25) is 5.91 Å². The average molecular weight is 415 g/mol. The van der Waals surface area contributed by atoms with Gasteiger partial charge >= 0.3 is 15.5 Å². The Morgan fingerprint density at radius 2 is 1.85 bits per heavy atom. The third-order valence-electron chi connectivity index (χ3n) is 4.12. The first-order valence-corrected chi connectivity index (χ1v) is 10.2. The van der Waals surface area contributed by atoms with Gasteiger partial charge in [0.05, 0.1) is 0 Å². The summed E-state index contributed by atoms with van der Waals surface area (Å²) in [7, 11) is -2.06. The Morgan fingerprint density at radius 3 is 2.33 bits per heavy atom. The number of sulfonamides is 1. The predicted octanol–water partition coefficient (Wildman–Crippen LogP) is 0.724. The van der Waals surface area contributed by atoms with E-state index in [0.717, 1.165) is 12.8 Å². The van der Waals surface area contributed by atoms with Crippen LogP contribution in [0.1, 0.15) is 32.6 Å². The van der Waals surface area contributed by atoms with Crippen molar-refractivity contribution in [2.75, 3.05) is 40.3 Å². The van der Waals surface area contributed by atoms with Crippen molar-refractivity contribution in [1.29, 1.82) is 0 Å². The molecule has 0 aliphatic carbocycles. The van der Waals surface area contributed by atoms with E-state index in [4.69, 9.17) is 0 Å². The molecule has 0 atom stereocenters. The van der Waals surface area contributed by atoms with Crippen LogP contribution < -0.4 is 10.6 Å². The second kappa shape index (κ2) is 10.1. The van der Waals surface area contributed by atoms with Crippen molar-refractivity contribution in [1.82, 2.24) is 19.8 Å². The van der Waals surface area contributed by atoms with Gasteiger partial charge in [0.25, 0.3) is 0 Å². The number of amides is 1. The fraction of sp³-hybridized carbons (Fsp3) is 0.867. The molecule has 0 saturated carbocycles. The van der Waals surface area contributed by atoms with Gasteiger partial charge in [0.15, 0.2) is 5.96 Å². The molecule has 1 fully saturated rings. The lowest BCUT2D eigenvalue weighted by Gasteiger charge is -2.32. The molecule has 0 aromatic carbocycles. The van der Waals surface area contributed by atoms with E-state index in [1.165, 1.54) is 4.90 Å². The summed E-state index contributed by atoms with van der Waals surface area (Å²) < 4.78 is 61.3. The molecule has 1 amide bonds. The van der Waals surface area contributed by atoms with E-state index >= 15 is 0 Å². The molecule has 0 radical (unpaired) electrons. The number of carbonyl (C=O) groups is 1. The molecule has 1 rings (SSSR count). The third kappa shape index (κ3) is 7.17. The van der Waals surface area contributed by atoms with Gasteiger partial charge in [0.1, 0.15) is 6.54 Å². The Bertz CT molecular complexity index is 615. The number of rotatable bonds is 7. The number of unbranched alkanes of at least 4 members (excludes halogenated alkanes) is 1. The summed E-state index contributed by atoms with van der Waals surface area (Å²) in [6, 6.07) is -0.230. The van der Waals surface area contributed by atoms with Crippen molar-refractivity contribution < 1.29 is 26.4 Å². The molecule has 8 nitrogen and oxygen atoms in total. The number of piperidine rings is 1.